The molecule has 0 saturated carbocycles. The van der Waals surface area contributed by atoms with Gasteiger partial charge in [0.25, 0.3) is 0 Å². The molecular formula is C14H28IN5O. The molecule has 0 spiro atoms. The fourth-order valence-corrected chi connectivity index (χ4v) is 1.80. The Labute approximate surface area is 144 Å². The quantitative estimate of drug-likeness (QED) is 0.284. The molecule has 0 aliphatic heterocycles. The van der Waals surface area contributed by atoms with E-state index in [2.05, 4.69) is 39.6 Å². The van der Waals surface area contributed by atoms with Gasteiger partial charge in [-0.15, -0.1) is 24.0 Å². The Morgan fingerprint density at radius 3 is 2.62 bits per heavy atom. The van der Waals surface area contributed by atoms with E-state index in [0.29, 0.717) is 18.1 Å². The van der Waals surface area contributed by atoms with Gasteiger partial charge in [0, 0.05) is 26.1 Å². The molecule has 0 bridgehead atoms. The van der Waals surface area contributed by atoms with Crippen molar-refractivity contribution in [2.45, 2.75) is 52.9 Å². The molecule has 0 fully saturated rings. The molecular weight excluding hydrogens is 381 g/mol. The van der Waals surface area contributed by atoms with Crippen molar-refractivity contribution >= 4 is 29.9 Å². The summed E-state index contributed by atoms with van der Waals surface area (Å²) in [6.45, 7) is 8.57. The largest absolute Gasteiger partial charge is 0.357 e. The lowest BCUT2D eigenvalue weighted by molar-refractivity contribution is 0.374. The monoisotopic (exact) mass is 409 g/mol. The van der Waals surface area contributed by atoms with Crippen LogP contribution in [0.1, 0.15) is 51.2 Å². The summed E-state index contributed by atoms with van der Waals surface area (Å²) >= 11 is 0. The minimum Gasteiger partial charge on any atom is -0.357 e. The van der Waals surface area contributed by atoms with Crippen LogP contribution in [-0.2, 0) is 6.42 Å². The number of rotatable bonds is 9. The highest BCUT2D eigenvalue weighted by atomic mass is 127. The second kappa shape index (κ2) is 12.8. The zero-order chi connectivity index (χ0) is 14.6. The Balaban J connectivity index is 0.00000400. The number of unbranched alkanes of at least 4 members (excludes halogenated alkanes) is 3. The van der Waals surface area contributed by atoms with Crippen LogP contribution in [0.3, 0.4) is 0 Å². The highest BCUT2D eigenvalue weighted by Crippen LogP contribution is 1.98. The number of aromatic nitrogens is 2. The molecule has 0 aromatic carbocycles. The van der Waals surface area contributed by atoms with E-state index in [4.69, 9.17) is 4.52 Å². The summed E-state index contributed by atoms with van der Waals surface area (Å²) in [5.41, 5.74) is 0. The first-order chi connectivity index (χ1) is 9.76. The second-order valence-electron chi connectivity index (χ2n) is 4.73. The molecule has 21 heavy (non-hydrogen) atoms. The standard InChI is InChI=1S/C14H27N5O.HI/c1-4-6-7-8-10-16-14(15-5-2)17-11-9-13-18-12(3)19-20-13;/h4-11H2,1-3H3,(H2,15,16,17);1H. The third kappa shape index (κ3) is 9.65. The Morgan fingerprint density at radius 1 is 1.19 bits per heavy atom. The molecule has 0 saturated heterocycles. The molecule has 0 atom stereocenters. The summed E-state index contributed by atoms with van der Waals surface area (Å²) in [6, 6.07) is 0. The number of guanidine groups is 1. The maximum absolute atomic E-state index is 5.07. The lowest BCUT2D eigenvalue weighted by atomic mass is 10.2. The molecule has 0 aliphatic rings. The summed E-state index contributed by atoms with van der Waals surface area (Å²) in [7, 11) is 0. The summed E-state index contributed by atoms with van der Waals surface area (Å²) in [5, 5.41) is 10.3. The van der Waals surface area contributed by atoms with Crippen LogP contribution < -0.4 is 10.6 Å². The van der Waals surface area contributed by atoms with E-state index in [1.807, 2.05) is 6.92 Å². The van der Waals surface area contributed by atoms with Gasteiger partial charge in [0.1, 0.15) is 0 Å². The summed E-state index contributed by atoms with van der Waals surface area (Å²) in [5.74, 6) is 2.20. The van der Waals surface area contributed by atoms with Crippen LogP contribution >= 0.6 is 24.0 Å². The number of aryl methyl sites for hydroxylation is 1. The van der Waals surface area contributed by atoms with Gasteiger partial charge in [-0.3, -0.25) is 4.99 Å². The van der Waals surface area contributed by atoms with Crippen molar-refractivity contribution < 1.29 is 4.52 Å². The van der Waals surface area contributed by atoms with Gasteiger partial charge in [-0.1, -0.05) is 31.3 Å². The maximum Gasteiger partial charge on any atom is 0.228 e. The van der Waals surface area contributed by atoms with E-state index in [9.17, 15) is 0 Å². The van der Waals surface area contributed by atoms with E-state index >= 15 is 0 Å². The zero-order valence-corrected chi connectivity index (χ0v) is 15.6. The van der Waals surface area contributed by atoms with Crippen LogP contribution in [-0.4, -0.2) is 35.7 Å². The predicted octanol–water partition coefficient (Wildman–Crippen LogP) is 2.67. The lowest BCUT2D eigenvalue weighted by Crippen LogP contribution is -2.38. The smallest absolute Gasteiger partial charge is 0.228 e. The molecule has 1 heterocycles. The topological polar surface area (TPSA) is 75.3 Å². The Bertz CT molecular complexity index is 394. The highest BCUT2D eigenvalue weighted by Gasteiger charge is 2.03. The SMILES string of the molecule is CCCCCCN=C(NCC)NCCc1nc(C)no1.I. The summed E-state index contributed by atoms with van der Waals surface area (Å²) < 4.78 is 5.07. The first-order valence-corrected chi connectivity index (χ1v) is 7.57. The lowest BCUT2D eigenvalue weighted by Gasteiger charge is -2.10. The first kappa shape index (κ1) is 20.1. The van der Waals surface area contributed by atoms with Crippen LogP contribution in [0, 0.1) is 6.92 Å². The van der Waals surface area contributed by atoms with Crippen LogP contribution in [0.5, 0.6) is 0 Å². The molecule has 6 nitrogen and oxygen atoms in total. The van der Waals surface area contributed by atoms with Gasteiger partial charge in [-0.05, 0) is 20.3 Å². The van der Waals surface area contributed by atoms with Gasteiger partial charge < -0.3 is 15.2 Å². The van der Waals surface area contributed by atoms with Crippen molar-refractivity contribution in [1.82, 2.24) is 20.8 Å². The van der Waals surface area contributed by atoms with Crippen molar-refractivity contribution in [3.05, 3.63) is 11.7 Å². The van der Waals surface area contributed by atoms with Crippen LogP contribution in [0.4, 0.5) is 0 Å². The molecule has 1 rings (SSSR count). The third-order valence-electron chi connectivity index (χ3n) is 2.83. The molecule has 0 amide bonds. The minimum atomic E-state index is 0. The third-order valence-corrected chi connectivity index (χ3v) is 2.83. The molecule has 0 unspecified atom stereocenters. The van der Waals surface area contributed by atoms with E-state index in [0.717, 1.165) is 32.0 Å². The first-order valence-electron chi connectivity index (χ1n) is 7.57. The van der Waals surface area contributed by atoms with Crippen molar-refractivity contribution in [2.75, 3.05) is 19.6 Å². The minimum absolute atomic E-state index is 0. The van der Waals surface area contributed by atoms with Gasteiger partial charge in [0.05, 0.1) is 0 Å². The average molecular weight is 409 g/mol. The summed E-state index contributed by atoms with van der Waals surface area (Å²) in [4.78, 5) is 8.72. The van der Waals surface area contributed by atoms with Crippen LogP contribution in [0.25, 0.3) is 0 Å². The Morgan fingerprint density at radius 2 is 2.00 bits per heavy atom. The molecule has 122 valence electrons. The Hall–Kier alpha value is -0.860. The molecule has 0 aliphatic carbocycles. The van der Waals surface area contributed by atoms with Gasteiger partial charge in [0.15, 0.2) is 11.8 Å². The fraction of sp³-hybridized carbons (Fsp3) is 0.786. The average Bonchev–Trinajstić information content (AvgIpc) is 2.84. The predicted molar refractivity (Wildman–Crippen MR) is 96.3 cm³/mol. The van der Waals surface area contributed by atoms with Gasteiger partial charge in [-0.2, -0.15) is 4.98 Å². The number of aliphatic imine (C=N–C) groups is 1. The molecule has 0 radical (unpaired) electrons. The Kier molecular flexibility index (Phi) is 12.3. The van der Waals surface area contributed by atoms with E-state index in [1.54, 1.807) is 0 Å². The number of halogens is 1. The van der Waals surface area contributed by atoms with Crippen LogP contribution in [0.2, 0.25) is 0 Å². The molecule has 2 N–H and O–H groups in total. The van der Waals surface area contributed by atoms with Gasteiger partial charge >= 0.3 is 0 Å². The number of hydrogen-bond acceptors (Lipinski definition) is 4. The maximum atomic E-state index is 5.07. The molecule has 1 aromatic heterocycles. The van der Waals surface area contributed by atoms with E-state index in [1.165, 1.54) is 19.3 Å². The molecule has 7 heteroatoms. The fourth-order valence-electron chi connectivity index (χ4n) is 1.80. The van der Waals surface area contributed by atoms with E-state index < -0.39 is 0 Å². The second-order valence-corrected chi connectivity index (χ2v) is 4.73. The van der Waals surface area contributed by atoms with Gasteiger partial charge in [-0.25, -0.2) is 0 Å². The highest BCUT2D eigenvalue weighted by molar-refractivity contribution is 14.0. The summed E-state index contributed by atoms with van der Waals surface area (Å²) in [6.07, 6.45) is 5.65. The number of hydrogen-bond donors (Lipinski definition) is 2. The van der Waals surface area contributed by atoms with Crippen molar-refractivity contribution in [1.29, 1.82) is 0 Å². The van der Waals surface area contributed by atoms with E-state index in [-0.39, 0.29) is 24.0 Å². The van der Waals surface area contributed by atoms with Crippen molar-refractivity contribution in [2.24, 2.45) is 4.99 Å². The number of nitrogens with zero attached hydrogens (tertiary/aromatic N) is 3. The molecule has 1 aromatic rings. The number of nitrogens with one attached hydrogen (secondary N) is 2. The van der Waals surface area contributed by atoms with Crippen molar-refractivity contribution in [3.63, 3.8) is 0 Å². The normalized spacial score (nSPS) is 11.1. The zero-order valence-electron chi connectivity index (χ0n) is 13.3. The van der Waals surface area contributed by atoms with Gasteiger partial charge in [0.2, 0.25) is 5.89 Å². The van der Waals surface area contributed by atoms with Crippen LogP contribution in [0.15, 0.2) is 9.52 Å². The van der Waals surface area contributed by atoms with Crippen molar-refractivity contribution in [3.8, 4) is 0 Å².